The first-order valence-corrected chi connectivity index (χ1v) is 6.29. The van der Waals surface area contributed by atoms with Crippen LogP contribution in [0, 0.1) is 0 Å². The quantitative estimate of drug-likeness (QED) is 0.695. The highest BCUT2D eigenvalue weighted by Gasteiger charge is 2.15. The van der Waals surface area contributed by atoms with Gasteiger partial charge in [0.2, 0.25) is 0 Å². The highest BCUT2D eigenvalue weighted by atomic mass is 35.5. The van der Waals surface area contributed by atoms with Crippen molar-refractivity contribution in [2.24, 2.45) is 0 Å². The molecule has 0 fully saturated rings. The third kappa shape index (κ3) is 6.03. The van der Waals surface area contributed by atoms with Crippen molar-refractivity contribution in [1.82, 2.24) is 0 Å². The van der Waals surface area contributed by atoms with E-state index in [1.807, 2.05) is 24.3 Å². The number of nitrogens with one attached hydrogen (secondary N) is 1. The monoisotopic (exact) mass is 258 g/mol. The Hall–Kier alpha value is -0.610. The second-order valence-corrected chi connectivity index (χ2v) is 5.10. The average molecular weight is 259 g/mol. The van der Waals surface area contributed by atoms with Gasteiger partial charge in [-0.05, 0) is 26.0 Å². The van der Waals surface area contributed by atoms with Gasteiger partial charge >= 0.3 is 0 Å². The molecule has 4 heteroatoms. The van der Waals surface area contributed by atoms with Gasteiger partial charge in [0.1, 0.15) is 31.8 Å². The van der Waals surface area contributed by atoms with Crippen molar-refractivity contribution < 1.29 is 15.1 Å². The summed E-state index contributed by atoms with van der Waals surface area (Å²) in [6, 6.07) is 7.69. The van der Waals surface area contributed by atoms with Gasteiger partial charge in [0.25, 0.3) is 0 Å². The van der Waals surface area contributed by atoms with Gasteiger partial charge < -0.3 is 15.1 Å². The van der Waals surface area contributed by atoms with Crippen LogP contribution in [0.1, 0.15) is 19.4 Å². The van der Waals surface area contributed by atoms with Crippen LogP contribution in [0.15, 0.2) is 24.3 Å². The molecular formula is C13H21ClNO2+. The SMILES string of the molecule is C[C@@H](O)C[NH+](Cc1cccc(Cl)c1)C[C@@H](C)O. The van der Waals surface area contributed by atoms with Crippen molar-refractivity contribution in [3.63, 3.8) is 0 Å². The molecule has 0 radical (unpaired) electrons. The first-order valence-electron chi connectivity index (χ1n) is 5.91. The van der Waals surface area contributed by atoms with Crippen LogP contribution in [0.4, 0.5) is 0 Å². The Morgan fingerprint density at radius 2 is 1.76 bits per heavy atom. The predicted molar refractivity (Wildman–Crippen MR) is 69.2 cm³/mol. The van der Waals surface area contributed by atoms with Crippen molar-refractivity contribution in [3.05, 3.63) is 34.9 Å². The molecule has 3 N–H and O–H groups in total. The van der Waals surface area contributed by atoms with E-state index in [0.717, 1.165) is 22.0 Å². The van der Waals surface area contributed by atoms with Gasteiger partial charge in [0.05, 0.1) is 0 Å². The minimum atomic E-state index is -0.372. The minimum Gasteiger partial charge on any atom is -0.388 e. The molecule has 0 heterocycles. The topological polar surface area (TPSA) is 44.9 Å². The van der Waals surface area contributed by atoms with Gasteiger partial charge in [0.15, 0.2) is 0 Å². The molecule has 0 spiro atoms. The summed E-state index contributed by atoms with van der Waals surface area (Å²) in [7, 11) is 0. The van der Waals surface area contributed by atoms with Gasteiger partial charge in [-0.1, -0.05) is 23.7 Å². The molecule has 0 aromatic heterocycles. The maximum Gasteiger partial charge on any atom is 0.103 e. The standard InChI is InChI=1S/C13H20ClNO2/c1-10(16)7-15(8-11(2)17)9-12-4-3-5-13(14)6-12/h3-6,10-11,16-17H,7-9H2,1-2H3/p+1/t10-,11-/m1/s1. The number of hydrogen-bond acceptors (Lipinski definition) is 2. The maximum atomic E-state index is 9.44. The second-order valence-electron chi connectivity index (χ2n) is 4.66. The van der Waals surface area contributed by atoms with Crippen LogP contribution in [-0.2, 0) is 6.54 Å². The van der Waals surface area contributed by atoms with Crippen molar-refractivity contribution in [2.75, 3.05) is 13.1 Å². The number of aliphatic hydroxyl groups excluding tert-OH is 2. The molecule has 17 heavy (non-hydrogen) atoms. The number of aliphatic hydroxyl groups is 2. The Morgan fingerprint density at radius 1 is 1.18 bits per heavy atom. The summed E-state index contributed by atoms with van der Waals surface area (Å²) < 4.78 is 0. The lowest BCUT2D eigenvalue weighted by Crippen LogP contribution is -3.12. The summed E-state index contributed by atoms with van der Waals surface area (Å²) in [5.74, 6) is 0. The first kappa shape index (κ1) is 14.5. The van der Waals surface area contributed by atoms with Crippen molar-refractivity contribution in [3.8, 4) is 0 Å². The van der Waals surface area contributed by atoms with Gasteiger partial charge in [-0.2, -0.15) is 0 Å². The maximum absolute atomic E-state index is 9.44. The molecule has 0 aliphatic carbocycles. The number of hydrogen-bond donors (Lipinski definition) is 3. The molecule has 0 aliphatic rings. The molecule has 3 nitrogen and oxygen atoms in total. The van der Waals surface area contributed by atoms with Crippen molar-refractivity contribution in [1.29, 1.82) is 0 Å². The zero-order valence-electron chi connectivity index (χ0n) is 10.4. The van der Waals surface area contributed by atoms with Crippen molar-refractivity contribution >= 4 is 11.6 Å². The van der Waals surface area contributed by atoms with Crippen LogP contribution in [0.2, 0.25) is 5.02 Å². The van der Waals surface area contributed by atoms with Crippen LogP contribution in [0.25, 0.3) is 0 Å². The lowest BCUT2D eigenvalue weighted by Gasteiger charge is -2.22. The molecule has 0 saturated carbocycles. The fraction of sp³-hybridized carbons (Fsp3) is 0.538. The van der Waals surface area contributed by atoms with E-state index in [9.17, 15) is 10.2 Å². The van der Waals surface area contributed by atoms with Gasteiger partial charge in [0, 0.05) is 10.6 Å². The lowest BCUT2D eigenvalue weighted by molar-refractivity contribution is -0.919. The molecule has 0 unspecified atom stereocenters. The van der Waals surface area contributed by atoms with E-state index in [1.165, 1.54) is 0 Å². The molecule has 96 valence electrons. The number of halogens is 1. The molecular weight excluding hydrogens is 238 g/mol. The minimum absolute atomic E-state index is 0.372. The van der Waals surface area contributed by atoms with E-state index in [1.54, 1.807) is 13.8 Å². The first-order chi connectivity index (χ1) is 7.97. The van der Waals surface area contributed by atoms with Gasteiger partial charge in [-0.25, -0.2) is 0 Å². The van der Waals surface area contributed by atoms with Gasteiger partial charge in [-0.3, -0.25) is 0 Å². The average Bonchev–Trinajstić information content (AvgIpc) is 2.14. The zero-order valence-corrected chi connectivity index (χ0v) is 11.1. The zero-order chi connectivity index (χ0) is 12.8. The van der Waals surface area contributed by atoms with Crippen LogP contribution in [-0.4, -0.2) is 35.5 Å². The van der Waals surface area contributed by atoms with E-state index in [2.05, 4.69) is 0 Å². The Balaban J connectivity index is 2.64. The molecule has 0 bridgehead atoms. The third-order valence-electron chi connectivity index (χ3n) is 2.51. The third-order valence-corrected chi connectivity index (χ3v) is 2.75. The molecule has 1 aromatic carbocycles. The largest absolute Gasteiger partial charge is 0.388 e. The smallest absolute Gasteiger partial charge is 0.103 e. The van der Waals surface area contributed by atoms with E-state index < -0.39 is 0 Å². The fourth-order valence-corrected chi connectivity index (χ4v) is 2.21. The Labute approximate surface area is 108 Å². The normalized spacial score (nSPS) is 14.9. The molecule has 0 amide bonds. The number of quaternary nitrogens is 1. The van der Waals surface area contributed by atoms with E-state index in [4.69, 9.17) is 11.6 Å². The van der Waals surface area contributed by atoms with Crippen LogP contribution in [0.3, 0.4) is 0 Å². The summed E-state index contributed by atoms with van der Waals surface area (Å²) in [5, 5.41) is 19.6. The summed E-state index contributed by atoms with van der Waals surface area (Å²) in [5.41, 5.74) is 1.12. The summed E-state index contributed by atoms with van der Waals surface area (Å²) in [6.07, 6.45) is -0.745. The van der Waals surface area contributed by atoms with Crippen molar-refractivity contribution in [2.45, 2.75) is 32.6 Å². The molecule has 2 atom stereocenters. The Kier molecular flexibility index (Phi) is 5.92. The summed E-state index contributed by atoms with van der Waals surface area (Å²) in [6.45, 7) is 5.53. The summed E-state index contributed by atoms with van der Waals surface area (Å²) >= 11 is 5.93. The number of benzene rings is 1. The Morgan fingerprint density at radius 3 is 2.24 bits per heavy atom. The molecule has 1 aromatic rings. The van der Waals surface area contributed by atoms with Gasteiger partial charge in [-0.15, -0.1) is 0 Å². The van der Waals surface area contributed by atoms with Crippen LogP contribution < -0.4 is 4.90 Å². The highest BCUT2D eigenvalue weighted by Crippen LogP contribution is 2.09. The molecule has 0 saturated heterocycles. The molecule has 1 rings (SSSR count). The highest BCUT2D eigenvalue weighted by molar-refractivity contribution is 6.30. The lowest BCUT2D eigenvalue weighted by atomic mass is 10.2. The van der Waals surface area contributed by atoms with Crippen LogP contribution in [0.5, 0.6) is 0 Å². The summed E-state index contributed by atoms with van der Waals surface area (Å²) in [4.78, 5) is 1.15. The predicted octanol–water partition coefficient (Wildman–Crippen LogP) is 0.486. The number of rotatable bonds is 6. The van der Waals surface area contributed by atoms with Crippen LogP contribution >= 0.6 is 11.6 Å². The molecule has 0 aliphatic heterocycles. The van der Waals surface area contributed by atoms with E-state index >= 15 is 0 Å². The van der Waals surface area contributed by atoms with E-state index in [0.29, 0.717) is 13.1 Å². The fourth-order valence-electron chi connectivity index (χ4n) is 2.00. The van der Waals surface area contributed by atoms with E-state index in [-0.39, 0.29) is 12.2 Å². The second kappa shape index (κ2) is 6.97. The Bertz CT molecular complexity index is 332.